The Balaban J connectivity index is 1.59. The highest BCUT2D eigenvalue weighted by Crippen LogP contribution is 2.08. The average Bonchev–Trinajstić information content (AvgIpc) is 3.20. The molecule has 128 valence electrons. The molecule has 0 aliphatic heterocycles. The van der Waals surface area contributed by atoms with Gasteiger partial charge in [-0.25, -0.2) is 9.67 Å². The molecule has 0 saturated heterocycles. The first-order valence-corrected chi connectivity index (χ1v) is 8.50. The van der Waals surface area contributed by atoms with E-state index in [9.17, 15) is 0 Å². The van der Waals surface area contributed by atoms with Crippen LogP contribution in [-0.4, -0.2) is 22.3 Å². The second-order valence-corrected chi connectivity index (χ2v) is 5.65. The molecule has 0 saturated carbocycles. The van der Waals surface area contributed by atoms with Crippen molar-refractivity contribution in [1.82, 2.24) is 20.4 Å². The minimum absolute atomic E-state index is 0.661. The molecule has 2 N–H and O–H groups in total. The zero-order valence-electron chi connectivity index (χ0n) is 14.4. The van der Waals surface area contributed by atoms with Crippen LogP contribution in [0.2, 0.25) is 0 Å². The summed E-state index contributed by atoms with van der Waals surface area (Å²) in [6.07, 6.45) is 3.72. The van der Waals surface area contributed by atoms with E-state index in [0.717, 1.165) is 24.7 Å². The van der Waals surface area contributed by atoms with Gasteiger partial charge in [0.2, 0.25) is 0 Å². The number of benzene rings is 2. The Labute approximate surface area is 148 Å². The Bertz CT molecular complexity index is 777. The van der Waals surface area contributed by atoms with Crippen molar-refractivity contribution in [2.24, 2.45) is 4.99 Å². The van der Waals surface area contributed by atoms with E-state index in [1.165, 1.54) is 11.1 Å². The highest BCUT2D eigenvalue weighted by molar-refractivity contribution is 5.79. The summed E-state index contributed by atoms with van der Waals surface area (Å²) in [5.74, 6) is 0.822. The fourth-order valence-corrected chi connectivity index (χ4v) is 2.47. The van der Waals surface area contributed by atoms with Crippen molar-refractivity contribution < 1.29 is 0 Å². The van der Waals surface area contributed by atoms with Gasteiger partial charge < -0.3 is 10.6 Å². The van der Waals surface area contributed by atoms with Crippen LogP contribution in [0.1, 0.15) is 18.1 Å². The molecular weight excluding hydrogens is 310 g/mol. The third-order valence-corrected chi connectivity index (χ3v) is 3.77. The summed E-state index contributed by atoms with van der Waals surface area (Å²) in [5, 5.41) is 10.9. The summed E-state index contributed by atoms with van der Waals surface area (Å²) in [7, 11) is 0. The standard InChI is InChI=1S/C20H23N5/c1-2-21-20(22-15-17-7-4-3-5-8-17)23-16-18-9-11-19(12-10-18)25-14-6-13-24-25/h3-14H,2,15-16H2,1H3,(H2,21,22,23). The highest BCUT2D eigenvalue weighted by atomic mass is 15.3. The third kappa shape index (κ3) is 4.94. The molecule has 3 rings (SSSR count). The molecule has 0 atom stereocenters. The van der Waals surface area contributed by atoms with Crippen molar-refractivity contribution in [3.05, 3.63) is 84.2 Å². The van der Waals surface area contributed by atoms with E-state index < -0.39 is 0 Å². The van der Waals surface area contributed by atoms with Gasteiger partial charge in [-0.3, -0.25) is 0 Å². The van der Waals surface area contributed by atoms with Crippen LogP contribution in [0, 0.1) is 0 Å². The fourth-order valence-electron chi connectivity index (χ4n) is 2.47. The molecule has 5 nitrogen and oxygen atoms in total. The third-order valence-electron chi connectivity index (χ3n) is 3.77. The van der Waals surface area contributed by atoms with Crippen LogP contribution in [-0.2, 0) is 13.1 Å². The van der Waals surface area contributed by atoms with Gasteiger partial charge in [-0.15, -0.1) is 0 Å². The highest BCUT2D eigenvalue weighted by Gasteiger charge is 2.00. The lowest BCUT2D eigenvalue weighted by Crippen LogP contribution is -2.36. The number of rotatable bonds is 6. The summed E-state index contributed by atoms with van der Waals surface area (Å²) in [4.78, 5) is 4.64. The van der Waals surface area contributed by atoms with Crippen molar-refractivity contribution in [3.8, 4) is 5.69 Å². The van der Waals surface area contributed by atoms with Crippen LogP contribution in [0.15, 0.2) is 78.0 Å². The molecule has 0 bridgehead atoms. The van der Waals surface area contributed by atoms with Crippen LogP contribution in [0.5, 0.6) is 0 Å². The molecule has 0 amide bonds. The van der Waals surface area contributed by atoms with Crippen LogP contribution in [0.25, 0.3) is 5.69 Å². The van der Waals surface area contributed by atoms with Crippen molar-refractivity contribution in [3.63, 3.8) is 0 Å². The number of aliphatic imine (C=N–C) groups is 1. The van der Waals surface area contributed by atoms with Gasteiger partial charge in [-0.05, 0) is 36.2 Å². The van der Waals surface area contributed by atoms with Gasteiger partial charge in [0.1, 0.15) is 0 Å². The van der Waals surface area contributed by atoms with Gasteiger partial charge >= 0.3 is 0 Å². The summed E-state index contributed by atoms with van der Waals surface area (Å²) in [5.41, 5.74) is 3.45. The molecule has 0 fully saturated rings. The summed E-state index contributed by atoms with van der Waals surface area (Å²) < 4.78 is 1.85. The molecule has 1 aromatic heterocycles. The maximum absolute atomic E-state index is 4.64. The molecule has 0 aliphatic carbocycles. The zero-order chi connectivity index (χ0) is 17.3. The van der Waals surface area contributed by atoms with Gasteiger partial charge in [0.15, 0.2) is 5.96 Å². The minimum atomic E-state index is 0.661. The second-order valence-electron chi connectivity index (χ2n) is 5.65. The molecular formula is C20H23N5. The van der Waals surface area contributed by atoms with Gasteiger partial charge in [-0.1, -0.05) is 42.5 Å². The van der Waals surface area contributed by atoms with Crippen molar-refractivity contribution in [1.29, 1.82) is 0 Å². The van der Waals surface area contributed by atoms with Crippen molar-refractivity contribution in [2.75, 3.05) is 6.54 Å². The normalized spacial score (nSPS) is 11.3. The number of nitrogens with one attached hydrogen (secondary N) is 2. The Morgan fingerprint density at radius 2 is 1.76 bits per heavy atom. The molecule has 3 aromatic rings. The quantitative estimate of drug-likeness (QED) is 0.538. The van der Waals surface area contributed by atoms with E-state index in [2.05, 4.69) is 64.0 Å². The number of nitrogens with zero attached hydrogens (tertiary/aromatic N) is 3. The Morgan fingerprint density at radius 1 is 0.960 bits per heavy atom. The summed E-state index contributed by atoms with van der Waals surface area (Å²) >= 11 is 0. The van der Waals surface area contributed by atoms with E-state index in [1.54, 1.807) is 6.20 Å². The lowest BCUT2D eigenvalue weighted by Gasteiger charge is -2.12. The predicted octanol–water partition coefficient (Wildman–Crippen LogP) is 3.13. The lowest BCUT2D eigenvalue weighted by molar-refractivity contribution is 0.814. The van der Waals surface area contributed by atoms with Gasteiger partial charge in [0.05, 0.1) is 12.2 Å². The largest absolute Gasteiger partial charge is 0.357 e. The Hall–Kier alpha value is -3.08. The number of hydrogen-bond acceptors (Lipinski definition) is 2. The fraction of sp³-hybridized carbons (Fsp3) is 0.200. The van der Waals surface area contributed by atoms with Crippen LogP contribution in [0.3, 0.4) is 0 Å². The maximum Gasteiger partial charge on any atom is 0.191 e. The van der Waals surface area contributed by atoms with Gasteiger partial charge in [-0.2, -0.15) is 5.10 Å². The molecule has 0 unspecified atom stereocenters. The topological polar surface area (TPSA) is 54.2 Å². The Kier molecular flexibility index (Phi) is 5.82. The molecule has 0 spiro atoms. The average molecular weight is 333 g/mol. The first-order chi connectivity index (χ1) is 12.3. The minimum Gasteiger partial charge on any atom is -0.357 e. The number of guanidine groups is 1. The first kappa shape index (κ1) is 16.8. The smallest absolute Gasteiger partial charge is 0.191 e. The summed E-state index contributed by atoms with van der Waals surface area (Å²) in [6.45, 7) is 4.28. The van der Waals surface area contributed by atoms with Gasteiger partial charge in [0, 0.05) is 25.5 Å². The van der Waals surface area contributed by atoms with E-state index in [0.29, 0.717) is 6.54 Å². The summed E-state index contributed by atoms with van der Waals surface area (Å²) in [6, 6.07) is 20.5. The number of aromatic nitrogens is 2. The molecule has 2 aromatic carbocycles. The van der Waals surface area contributed by atoms with Crippen molar-refractivity contribution >= 4 is 5.96 Å². The maximum atomic E-state index is 4.64. The van der Waals surface area contributed by atoms with Crippen LogP contribution >= 0.6 is 0 Å². The van der Waals surface area contributed by atoms with E-state index >= 15 is 0 Å². The SMILES string of the molecule is CCNC(=NCc1ccccc1)NCc1ccc(-n2cccn2)cc1. The molecule has 25 heavy (non-hydrogen) atoms. The molecule has 0 aliphatic rings. The van der Waals surface area contributed by atoms with Gasteiger partial charge in [0.25, 0.3) is 0 Å². The molecule has 1 heterocycles. The van der Waals surface area contributed by atoms with E-state index in [-0.39, 0.29) is 0 Å². The van der Waals surface area contributed by atoms with E-state index in [4.69, 9.17) is 0 Å². The van der Waals surface area contributed by atoms with Crippen LogP contribution in [0.4, 0.5) is 0 Å². The Morgan fingerprint density at radius 3 is 2.44 bits per heavy atom. The first-order valence-electron chi connectivity index (χ1n) is 8.50. The lowest BCUT2D eigenvalue weighted by atomic mass is 10.2. The van der Waals surface area contributed by atoms with Crippen LogP contribution < -0.4 is 10.6 Å². The second kappa shape index (κ2) is 8.68. The zero-order valence-corrected chi connectivity index (χ0v) is 14.4. The number of hydrogen-bond donors (Lipinski definition) is 2. The molecule has 0 radical (unpaired) electrons. The van der Waals surface area contributed by atoms with Crippen molar-refractivity contribution in [2.45, 2.75) is 20.0 Å². The monoisotopic (exact) mass is 333 g/mol. The predicted molar refractivity (Wildman–Crippen MR) is 102 cm³/mol. The van der Waals surface area contributed by atoms with E-state index in [1.807, 2.05) is 35.1 Å². The molecule has 5 heteroatoms.